The number of anilines is 1. The van der Waals surface area contributed by atoms with Crippen LogP contribution in [0.4, 0.5) is 5.69 Å². The molecule has 0 N–H and O–H groups in total. The van der Waals surface area contributed by atoms with Gasteiger partial charge in [0.2, 0.25) is 0 Å². The normalized spacial score (nSPS) is 11.5. The van der Waals surface area contributed by atoms with Crippen LogP contribution < -0.4 is 10.3 Å². The van der Waals surface area contributed by atoms with Crippen molar-refractivity contribution in [3.63, 3.8) is 0 Å². The summed E-state index contributed by atoms with van der Waals surface area (Å²) in [5, 5.41) is 1.70. The van der Waals surface area contributed by atoms with Crippen LogP contribution in [0.1, 0.15) is 19.4 Å². The first kappa shape index (κ1) is 16.0. The number of fused-ring (bicyclic) bond motifs is 4. The van der Waals surface area contributed by atoms with Gasteiger partial charge in [-0.25, -0.2) is 4.98 Å². The quantitative estimate of drug-likeness (QED) is 0.383. The van der Waals surface area contributed by atoms with Gasteiger partial charge in [0.25, 0.3) is 0 Å². The number of rotatable bonds is 3. The Balaban J connectivity index is 2.07. The van der Waals surface area contributed by atoms with Crippen molar-refractivity contribution in [1.82, 2.24) is 4.98 Å². The molecule has 0 aromatic heterocycles. The van der Waals surface area contributed by atoms with E-state index in [1.54, 1.807) is 11.3 Å². The van der Waals surface area contributed by atoms with Crippen molar-refractivity contribution in [3.8, 4) is 10.6 Å². The first-order valence-corrected chi connectivity index (χ1v) is 9.46. The van der Waals surface area contributed by atoms with Gasteiger partial charge in [-0.1, -0.05) is 24.3 Å². The molecule has 0 fully saturated rings. The molecule has 0 spiro atoms. The van der Waals surface area contributed by atoms with Crippen molar-refractivity contribution in [1.29, 1.82) is 0 Å². The van der Waals surface area contributed by atoms with E-state index in [9.17, 15) is 4.79 Å². The molecule has 0 amide bonds. The van der Waals surface area contributed by atoms with Gasteiger partial charge in [-0.3, -0.25) is 4.79 Å². The summed E-state index contributed by atoms with van der Waals surface area (Å²) in [6.45, 7) is 8.19. The molecule has 4 rings (SSSR count). The van der Waals surface area contributed by atoms with E-state index in [1.807, 2.05) is 31.2 Å². The second-order valence-corrected chi connectivity index (χ2v) is 7.27. The molecule has 25 heavy (non-hydrogen) atoms. The highest BCUT2D eigenvalue weighted by Gasteiger charge is 2.18. The van der Waals surface area contributed by atoms with Crippen molar-refractivity contribution < 1.29 is 0 Å². The van der Waals surface area contributed by atoms with Gasteiger partial charge in [0.15, 0.2) is 5.43 Å². The summed E-state index contributed by atoms with van der Waals surface area (Å²) in [7, 11) is 0. The van der Waals surface area contributed by atoms with Gasteiger partial charge in [0, 0.05) is 35.1 Å². The van der Waals surface area contributed by atoms with E-state index < -0.39 is 0 Å². The van der Waals surface area contributed by atoms with Gasteiger partial charge in [0.1, 0.15) is 0 Å². The number of nitrogens with zero attached hydrogens (tertiary/aromatic N) is 2. The lowest BCUT2D eigenvalue weighted by atomic mass is 10.0. The predicted octanol–water partition coefficient (Wildman–Crippen LogP) is 5.07. The highest BCUT2D eigenvalue weighted by atomic mass is 32.1. The number of benzene rings is 3. The van der Waals surface area contributed by atoms with E-state index in [-0.39, 0.29) is 5.43 Å². The third-order valence-corrected chi connectivity index (χ3v) is 6.09. The van der Waals surface area contributed by atoms with Gasteiger partial charge in [-0.15, -0.1) is 11.3 Å². The Bertz CT molecular complexity index is 1110. The topological polar surface area (TPSA) is 33.2 Å². The maximum Gasteiger partial charge on any atom is 0.190 e. The van der Waals surface area contributed by atoms with Crippen LogP contribution in [0.15, 0.2) is 47.3 Å². The second kappa shape index (κ2) is 6.12. The molecule has 1 aliphatic heterocycles. The van der Waals surface area contributed by atoms with Crippen LogP contribution in [0.2, 0.25) is 0 Å². The van der Waals surface area contributed by atoms with Gasteiger partial charge in [-0.05, 0) is 39.0 Å². The molecular weight excluding hydrogens is 328 g/mol. The number of hydrogen-bond acceptors (Lipinski definition) is 4. The lowest BCUT2D eigenvalue weighted by Crippen LogP contribution is -2.21. The average Bonchev–Trinajstić information content (AvgIpc) is 2.66. The zero-order valence-corrected chi connectivity index (χ0v) is 15.5. The van der Waals surface area contributed by atoms with E-state index >= 15 is 0 Å². The fourth-order valence-electron chi connectivity index (χ4n) is 3.42. The van der Waals surface area contributed by atoms with E-state index in [0.717, 1.165) is 50.2 Å². The fourth-order valence-corrected chi connectivity index (χ4v) is 4.54. The van der Waals surface area contributed by atoms with Crippen molar-refractivity contribution in [2.75, 3.05) is 18.0 Å². The molecule has 0 unspecified atom stereocenters. The molecule has 1 heterocycles. The molecule has 3 nitrogen and oxygen atoms in total. The van der Waals surface area contributed by atoms with Crippen molar-refractivity contribution in [2.24, 2.45) is 0 Å². The third-order valence-electron chi connectivity index (χ3n) is 4.84. The molecule has 0 bridgehead atoms. The van der Waals surface area contributed by atoms with Crippen LogP contribution in [0.25, 0.3) is 31.6 Å². The summed E-state index contributed by atoms with van der Waals surface area (Å²) in [6, 6.07) is 14.2. The molecule has 0 atom stereocenters. The van der Waals surface area contributed by atoms with Crippen LogP contribution in [0.3, 0.4) is 0 Å². The smallest absolute Gasteiger partial charge is 0.190 e. The second-order valence-electron chi connectivity index (χ2n) is 6.22. The highest BCUT2D eigenvalue weighted by molar-refractivity contribution is 7.21. The minimum Gasteiger partial charge on any atom is -0.372 e. The molecule has 126 valence electrons. The largest absolute Gasteiger partial charge is 0.372 e. The number of aromatic nitrogens is 1. The van der Waals surface area contributed by atoms with Gasteiger partial charge in [0.05, 0.1) is 20.8 Å². The van der Waals surface area contributed by atoms with E-state index in [2.05, 4.69) is 36.9 Å². The highest BCUT2D eigenvalue weighted by Crippen LogP contribution is 2.37. The molecule has 0 saturated heterocycles. The molecule has 0 radical (unpaired) electrons. The summed E-state index contributed by atoms with van der Waals surface area (Å²) < 4.78 is 1.12. The van der Waals surface area contributed by atoms with Crippen LogP contribution in [-0.4, -0.2) is 18.1 Å². The fraction of sp³-hybridized carbons (Fsp3) is 0.238. The zero-order chi connectivity index (χ0) is 17.6. The van der Waals surface area contributed by atoms with Gasteiger partial charge in [-0.2, -0.15) is 0 Å². The predicted molar refractivity (Wildman–Crippen MR) is 108 cm³/mol. The van der Waals surface area contributed by atoms with Crippen LogP contribution >= 0.6 is 11.3 Å². The molecule has 2 aliphatic rings. The maximum atomic E-state index is 12.7. The van der Waals surface area contributed by atoms with Crippen molar-refractivity contribution in [2.45, 2.75) is 20.8 Å². The molecule has 4 heteroatoms. The Kier molecular flexibility index (Phi) is 3.92. The van der Waals surface area contributed by atoms with Gasteiger partial charge < -0.3 is 4.90 Å². The third kappa shape index (κ3) is 2.48. The monoisotopic (exact) mass is 348 g/mol. The molecule has 0 saturated carbocycles. The maximum absolute atomic E-state index is 12.7. The Morgan fingerprint density at radius 1 is 1.04 bits per heavy atom. The summed E-state index contributed by atoms with van der Waals surface area (Å²) in [6.07, 6.45) is 0. The zero-order valence-electron chi connectivity index (χ0n) is 14.7. The van der Waals surface area contributed by atoms with Crippen LogP contribution in [0.5, 0.6) is 0 Å². The Hall–Kier alpha value is -2.46. The van der Waals surface area contributed by atoms with E-state index in [4.69, 9.17) is 4.98 Å². The Labute approximate surface area is 150 Å². The van der Waals surface area contributed by atoms with Crippen LogP contribution in [0, 0.1) is 6.92 Å². The SMILES string of the molecule is CCN(CC)c1ccc2nc3c4ccccc4c(=O)c(C)c-3sc2c1. The van der Waals surface area contributed by atoms with E-state index in [0.29, 0.717) is 0 Å². The number of hydrogen-bond donors (Lipinski definition) is 0. The Morgan fingerprint density at radius 2 is 1.76 bits per heavy atom. The first-order valence-electron chi connectivity index (χ1n) is 8.65. The van der Waals surface area contributed by atoms with Gasteiger partial charge >= 0.3 is 0 Å². The summed E-state index contributed by atoms with van der Waals surface area (Å²) in [5.41, 5.74) is 4.02. The lowest BCUT2D eigenvalue weighted by molar-refractivity contribution is 0.867. The Morgan fingerprint density at radius 3 is 2.48 bits per heavy atom. The molecule has 2 aromatic carbocycles. The standard InChI is InChI=1S/C21H20N2OS/c1-4-23(5-2)14-10-11-17-18(12-14)25-21-13(3)20(24)16-9-7-6-8-15(16)19(21)22-17/h6-12H,4-5H2,1-3H3. The molecule has 2 aromatic rings. The minimum atomic E-state index is 0.111. The first-order chi connectivity index (χ1) is 12.1. The van der Waals surface area contributed by atoms with Crippen molar-refractivity contribution in [3.05, 3.63) is 58.3 Å². The van der Waals surface area contributed by atoms with Crippen LogP contribution in [-0.2, 0) is 0 Å². The van der Waals surface area contributed by atoms with Crippen molar-refractivity contribution >= 4 is 38.0 Å². The lowest BCUT2D eigenvalue weighted by Gasteiger charge is -2.21. The molecular formula is C21H20N2OS. The summed E-state index contributed by atoms with van der Waals surface area (Å²) in [5.74, 6) is 0. The average molecular weight is 348 g/mol. The van der Waals surface area contributed by atoms with E-state index in [1.165, 1.54) is 5.69 Å². The summed E-state index contributed by atoms with van der Waals surface area (Å²) >= 11 is 1.67. The minimum absolute atomic E-state index is 0.111. The summed E-state index contributed by atoms with van der Waals surface area (Å²) in [4.78, 5) is 20.9. The molecule has 1 aliphatic carbocycles.